The Morgan fingerprint density at radius 2 is 1.81 bits per heavy atom. The Hall–Kier alpha value is -4.13. The Labute approximate surface area is 179 Å². The van der Waals surface area contributed by atoms with Crippen molar-refractivity contribution in [1.82, 2.24) is 29.3 Å². The van der Waals surface area contributed by atoms with Gasteiger partial charge in [0.1, 0.15) is 11.3 Å². The van der Waals surface area contributed by atoms with E-state index in [0.717, 1.165) is 46.0 Å². The maximum Gasteiger partial charge on any atom is 0.222 e. The number of rotatable bonds is 6. The first-order valence-electron chi connectivity index (χ1n) is 10.1. The molecule has 0 radical (unpaired) electrons. The molecular weight excluding hydrogens is 386 g/mol. The topological polar surface area (TPSA) is 80.9 Å². The van der Waals surface area contributed by atoms with Crippen molar-refractivity contribution in [3.8, 4) is 22.6 Å². The summed E-state index contributed by atoms with van der Waals surface area (Å²) in [5.41, 5.74) is 6.78. The first-order chi connectivity index (χ1) is 15.3. The highest BCUT2D eigenvalue weighted by atomic mass is 15.1. The van der Waals surface area contributed by atoms with E-state index in [1.54, 1.807) is 18.5 Å². The van der Waals surface area contributed by atoms with Gasteiger partial charge in [-0.1, -0.05) is 12.1 Å². The minimum absolute atomic E-state index is 0.618. The van der Waals surface area contributed by atoms with Gasteiger partial charge in [-0.2, -0.15) is 0 Å². The molecule has 5 rings (SSSR count). The number of imidazole rings is 1. The van der Waals surface area contributed by atoms with Crippen LogP contribution in [0.15, 0.2) is 79.5 Å². The predicted molar refractivity (Wildman–Crippen MR) is 121 cm³/mol. The van der Waals surface area contributed by atoms with Crippen LogP contribution in [0.4, 0.5) is 5.95 Å². The molecule has 7 heteroatoms. The van der Waals surface area contributed by atoms with Crippen molar-refractivity contribution in [3.05, 3.63) is 90.8 Å². The van der Waals surface area contributed by atoms with Gasteiger partial charge in [-0.05, 0) is 55.3 Å². The Bertz CT molecular complexity index is 1330. The Morgan fingerprint density at radius 3 is 2.68 bits per heavy atom. The van der Waals surface area contributed by atoms with Crippen LogP contribution in [0.2, 0.25) is 0 Å². The first kappa shape index (κ1) is 18.9. The Kier molecular flexibility index (Phi) is 5.06. The van der Waals surface area contributed by atoms with Gasteiger partial charge in [0.25, 0.3) is 0 Å². The summed E-state index contributed by atoms with van der Waals surface area (Å²) in [5, 5.41) is 3.27. The Balaban J connectivity index is 1.57. The molecule has 0 unspecified atom stereocenters. The van der Waals surface area contributed by atoms with Crippen molar-refractivity contribution in [2.45, 2.75) is 13.3 Å². The highest BCUT2D eigenvalue weighted by Crippen LogP contribution is 2.33. The van der Waals surface area contributed by atoms with E-state index in [2.05, 4.69) is 24.7 Å². The van der Waals surface area contributed by atoms with Gasteiger partial charge in [0, 0.05) is 48.8 Å². The quantitative estimate of drug-likeness (QED) is 0.454. The standard InChI is InChI=1S/C24H21N7/c1-17-6-4-7-20(29-17)22-23(31-15-3-2-8-21(31)30-22)19-10-13-25-16-18(19)9-14-28-24-26-11-5-12-27-24/h2-8,10-13,15-16H,9,14H2,1H3,(H,26,27,28). The molecule has 0 aliphatic rings. The molecule has 0 atom stereocenters. The molecule has 5 aromatic heterocycles. The lowest BCUT2D eigenvalue weighted by molar-refractivity contribution is 0.974. The number of hydrogen-bond acceptors (Lipinski definition) is 6. The molecule has 0 saturated heterocycles. The van der Waals surface area contributed by atoms with Crippen LogP contribution in [0, 0.1) is 6.92 Å². The van der Waals surface area contributed by atoms with Crippen LogP contribution in [-0.2, 0) is 6.42 Å². The molecule has 0 aliphatic carbocycles. The van der Waals surface area contributed by atoms with Crippen LogP contribution < -0.4 is 5.32 Å². The average molecular weight is 407 g/mol. The zero-order valence-electron chi connectivity index (χ0n) is 17.1. The molecule has 0 aliphatic heterocycles. The molecule has 0 spiro atoms. The summed E-state index contributed by atoms with van der Waals surface area (Å²) in [7, 11) is 0. The summed E-state index contributed by atoms with van der Waals surface area (Å²) >= 11 is 0. The first-order valence-corrected chi connectivity index (χ1v) is 10.1. The van der Waals surface area contributed by atoms with Gasteiger partial charge in [-0.25, -0.2) is 15.0 Å². The van der Waals surface area contributed by atoms with E-state index in [-0.39, 0.29) is 0 Å². The minimum atomic E-state index is 0.618. The summed E-state index contributed by atoms with van der Waals surface area (Å²) in [6.45, 7) is 2.69. The second-order valence-corrected chi connectivity index (χ2v) is 7.18. The van der Waals surface area contributed by atoms with Gasteiger partial charge >= 0.3 is 0 Å². The lowest BCUT2D eigenvalue weighted by atomic mass is 10.0. The lowest BCUT2D eigenvalue weighted by Crippen LogP contribution is -2.08. The number of pyridine rings is 3. The van der Waals surface area contributed by atoms with Gasteiger partial charge in [0.2, 0.25) is 5.95 Å². The fourth-order valence-electron chi connectivity index (χ4n) is 3.66. The van der Waals surface area contributed by atoms with Gasteiger partial charge in [-0.15, -0.1) is 0 Å². The summed E-state index contributed by atoms with van der Waals surface area (Å²) < 4.78 is 2.12. The van der Waals surface area contributed by atoms with Crippen LogP contribution in [-0.4, -0.2) is 35.9 Å². The summed E-state index contributed by atoms with van der Waals surface area (Å²) in [4.78, 5) is 22.5. The number of hydrogen-bond donors (Lipinski definition) is 1. The third-order valence-electron chi connectivity index (χ3n) is 5.06. The zero-order valence-corrected chi connectivity index (χ0v) is 17.1. The van der Waals surface area contributed by atoms with Crippen molar-refractivity contribution in [2.75, 3.05) is 11.9 Å². The zero-order chi connectivity index (χ0) is 21.0. The maximum atomic E-state index is 4.91. The van der Waals surface area contributed by atoms with Crippen LogP contribution in [0.1, 0.15) is 11.3 Å². The maximum absolute atomic E-state index is 4.91. The van der Waals surface area contributed by atoms with Crippen molar-refractivity contribution in [1.29, 1.82) is 0 Å². The molecule has 5 aromatic rings. The Morgan fingerprint density at radius 1 is 0.903 bits per heavy atom. The molecule has 0 aromatic carbocycles. The van der Waals surface area contributed by atoms with Gasteiger partial charge in [0.15, 0.2) is 0 Å². The molecule has 31 heavy (non-hydrogen) atoms. The van der Waals surface area contributed by atoms with E-state index >= 15 is 0 Å². The van der Waals surface area contributed by atoms with E-state index in [1.807, 2.05) is 68.0 Å². The van der Waals surface area contributed by atoms with Gasteiger partial charge in [0.05, 0.1) is 11.4 Å². The number of aryl methyl sites for hydroxylation is 1. The predicted octanol–water partition coefficient (Wildman–Crippen LogP) is 4.21. The van der Waals surface area contributed by atoms with E-state index in [9.17, 15) is 0 Å². The van der Waals surface area contributed by atoms with E-state index in [0.29, 0.717) is 12.5 Å². The highest BCUT2D eigenvalue weighted by Gasteiger charge is 2.19. The SMILES string of the molecule is Cc1cccc(-c2nc3ccccn3c2-c2ccncc2CCNc2ncccn2)n1. The third kappa shape index (κ3) is 3.85. The van der Waals surface area contributed by atoms with Crippen LogP contribution in [0.25, 0.3) is 28.3 Å². The number of nitrogens with zero attached hydrogens (tertiary/aromatic N) is 6. The van der Waals surface area contributed by atoms with Crippen LogP contribution in [0.5, 0.6) is 0 Å². The number of nitrogens with one attached hydrogen (secondary N) is 1. The molecule has 0 amide bonds. The lowest BCUT2D eigenvalue weighted by Gasteiger charge is -2.12. The molecular formula is C24H21N7. The van der Waals surface area contributed by atoms with Crippen molar-refractivity contribution < 1.29 is 0 Å². The monoisotopic (exact) mass is 407 g/mol. The number of fused-ring (bicyclic) bond motifs is 1. The molecule has 1 N–H and O–H groups in total. The number of anilines is 1. The normalized spacial score (nSPS) is 11.0. The fraction of sp³-hybridized carbons (Fsp3) is 0.125. The van der Waals surface area contributed by atoms with Crippen molar-refractivity contribution >= 4 is 11.6 Å². The van der Waals surface area contributed by atoms with Gasteiger partial charge < -0.3 is 5.32 Å². The fourth-order valence-corrected chi connectivity index (χ4v) is 3.66. The molecule has 152 valence electrons. The van der Waals surface area contributed by atoms with E-state index in [1.165, 1.54) is 0 Å². The molecule has 0 saturated carbocycles. The van der Waals surface area contributed by atoms with Crippen molar-refractivity contribution in [2.24, 2.45) is 0 Å². The second kappa shape index (κ2) is 8.31. The van der Waals surface area contributed by atoms with Crippen LogP contribution in [0.3, 0.4) is 0 Å². The second-order valence-electron chi connectivity index (χ2n) is 7.18. The highest BCUT2D eigenvalue weighted by molar-refractivity contribution is 5.82. The molecule has 0 fully saturated rings. The summed E-state index contributed by atoms with van der Waals surface area (Å²) in [6, 6.07) is 15.9. The third-order valence-corrected chi connectivity index (χ3v) is 5.06. The summed E-state index contributed by atoms with van der Waals surface area (Å²) in [6.07, 6.45) is 10.00. The summed E-state index contributed by atoms with van der Waals surface area (Å²) in [5.74, 6) is 0.618. The smallest absolute Gasteiger partial charge is 0.222 e. The molecule has 7 nitrogen and oxygen atoms in total. The largest absolute Gasteiger partial charge is 0.354 e. The van der Waals surface area contributed by atoms with E-state index < -0.39 is 0 Å². The molecule has 0 bridgehead atoms. The van der Waals surface area contributed by atoms with Crippen LogP contribution >= 0.6 is 0 Å². The molecule has 5 heterocycles. The number of aromatic nitrogens is 6. The van der Waals surface area contributed by atoms with E-state index in [4.69, 9.17) is 9.97 Å². The average Bonchev–Trinajstić information content (AvgIpc) is 3.20. The van der Waals surface area contributed by atoms with Crippen molar-refractivity contribution in [3.63, 3.8) is 0 Å². The minimum Gasteiger partial charge on any atom is -0.354 e. The van der Waals surface area contributed by atoms with Gasteiger partial charge in [-0.3, -0.25) is 14.4 Å².